The van der Waals surface area contributed by atoms with E-state index in [1.165, 1.54) is 16.9 Å². The van der Waals surface area contributed by atoms with Gasteiger partial charge in [-0.3, -0.25) is 9.69 Å². The van der Waals surface area contributed by atoms with Crippen LogP contribution >= 0.6 is 22.9 Å². The van der Waals surface area contributed by atoms with E-state index in [0.29, 0.717) is 5.69 Å². The summed E-state index contributed by atoms with van der Waals surface area (Å²) in [5.74, 6) is 0.0221. The van der Waals surface area contributed by atoms with Crippen LogP contribution in [0.3, 0.4) is 0 Å². The highest BCUT2D eigenvalue weighted by Gasteiger charge is 2.23. The predicted molar refractivity (Wildman–Crippen MR) is 94.3 cm³/mol. The Bertz CT molecular complexity index is 665. The molecule has 1 aromatic carbocycles. The van der Waals surface area contributed by atoms with E-state index in [9.17, 15) is 4.79 Å². The van der Waals surface area contributed by atoms with Crippen LogP contribution < -0.4 is 5.32 Å². The van der Waals surface area contributed by atoms with Crippen LogP contribution in [0.4, 0.5) is 5.13 Å². The molecule has 1 aromatic heterocycles. The number of carbonyl (C=O) groups is 1. The van der Waals surface area contributed by atoms with Crippen LogP contribution in [0, 0.1) is 0 Å². The molecule has 1 amide bonds. The van der Waals surface area contributed by atoms with E-state index in [4.69, 9.17) is 11.6 Å². The first-order valence-electron chi connectivity index (χ1n) is 7.55. The number of nitrogens with zero attached hydrogens (tertiary/aromatic N) is 3. The van der Waals surface area contributed by atoms with Gasteiger partial charge in [-0.2, -0.15) is 0 Å². The normalized spacial score (nSPS) is 15.7. The van der Waals surface area contributed by atoms with Crippen LogP contribution in [-0.2, 0) is 6.54 Å². The fourth-order valence-electron chi connectivity index (χ4n) is 2.61. The standard InChI is InChI=1S/C16H19ClN4OS/c1-18-16-19-14(11-23-16)15(22)21-8-6-20(7-9-21)10-12-2-4-13(17)5-3-12/h2-5,11H,6-10H2,1H3,(H,18,19). The van der Waals surface area contributed by atoms with Gasteiger partial charge in [0.1, 0.15) is 5.69 Å². The Balaban J connectivity index is 1.53. The number of benzene rings is 1. The molecule has 1 aliphatic rings. The summed E-state index contributed by atoms with van der Waals surface area (Å²) in [4.78, 5) is 21.0. The molecule has 0 aliphatic carbocycles. The minimum atomic E-state index is 0.0221. The molecule has 1 N–H and O–H groups in total. The van der Waals surface area contributed by atoms with Crippen molar-refractivity contribution in [3.63, 3.8) is 0 Å². The minimum absolute atomic E-state index is 0.0221. The number of thiazole rings is 1. The number of piperazine rings is 1. The highest BCUT2D eigenvalue weighted by atomic mass is 35.5. The largest absolute Gasteiger partial charge is 0.365 e. The highest BCUT2D eigenvalue weighted by Crippen LogP contribution is 2.17. The second-order valence-corrected chi connectivity index (χ2v) is 6.78. The Morgan fingerprint density at radius 3 is 2.57 bits per heavy atom. The fraction of sp³-hybridized carbons (Fsp3) is 0.375. The molecular formula is C16H19ClN4OS. The van der Waals surface area contributed by atoms with Crippen LogP contribution in [-0.4, -0.2) is 53.9 Å². The monoisotopic (exact) mass is 350 g/mol. The minimum Gasteiger partial charge on any atom is -0.365 e. The average molecular weight is 351 g/mol. The summed E-state index contributed by atoms with van der Waals surface area (Å²) in [5, 5.41) is 6.31. The summed E-state index contributed by atoms with van der Waals surface area (Å²) in [6.45, 7) is 4.10. The van der Waals surface area contributed by atoms with Gasteiger partial charge in [-0.25, -0.2) is 4.98 Å². The Kier molecular flexibility index (Phi) is 5.15. The van der Waals surface area contributed by atoms with E-state index in [0.717, 1.165) is 42.9 Å². The maximum Gasteiger partial charge on any atom is 0.273 e. The maximum absolute atomic E-state index is 12.4. The van der Waals surface area contributed by atoms with E-state index in [1.807, 2.05) is 29.5 Å². The molecule has 122 valence electrons. The first kappa shape index (κ1) is 16.2. The molecule has 0 bridgehead atoms. The lowest BCUT2D eigenvalue weighted by atomic mass is 10.2. The van der Waals surface area contributed by atoms with Gasteiger partial charge in [-0.15, -0.1) is 11.3 Å². The number of halogens is 1. The van der Waals surface area contributed by atoms with Crippen LogP contribution in [0.5, 0.6) is 0 Å². The van der Waals surface area contributed by atoms with Crippen molar-refractivity contribution < 1.29 is 4.79 Å². The lowest BCUT2D eigenvalue weighted by Crippen LogP contribution is -2.48. The summed E-state index contributed by atoms with van der Waals surface area (Å²) in [6, 6.07) is 7.93. The number of anilines is 1. The molecule has 1 aliphatic heterocycles. The van der Waals surface area contributed by atoms with Gasteiger partial charge in [-0.05, 0) is 17.7 Å². The Morgan fingerprint density at radius 2 is 1.96 bits per heavy atom. The number of carbonyl (C=O) groups excluding carboxylic acids is 1. The van der Waals surface area contributed by atoms with E-state index in [1.54, 1.807) is 0 Å². The molecule has 1 saturated heterocycles. The fourth-order valence-corrected chi connectivity index (χ4v) is 3.38. The molecule has 0 radical (unpaired) electrons. The van der Waals surface area contributed by atoms with Gasteiger partial charge in [0.2, 0.25) is 0 Å². The molecule has 23 heavy (non-hydrogen) atoms. The zero-order chi connectivity index (χ0) is 16.2. The molecule has 0 spiro atoms. The van der Waals surface area contributed by atoms with Crippen LogP contribution in [0.1, 0.15) is 16.1 Å². The number of nitrogens with one attached hydrogen (secondary N) is 1. The quantitative estimate of drug-likeness (QED) is 0.921. The van der Waals surface area contributed by atoms with Gasteiger partial charge >= 0.3 is 0 Å². The van der Waals surface area contributed by atoms with Crippen molar-refractivity contribution >= 4 is 34.0 Å². The zero-order valence-corrected chi connectivity index (χ0v) is 14.5. The van der Waals surface area contributed by atoms with Gasteiger partial charge < -0.3 is 10.2 Å². The molecule has 0 atom stereocenters. The Morgan fingerprint density at radius 1 is 1.26 bits per heavy atom. The third kappa shape index (κ3) is 4.02. The average Bonchev–Trinajstić information content (AvgIpc) is 3.06. The number of hydrogen-bond donors (Lipinski definition) is 1. The molecule has 2 aromatic rings. The Hall–Kier alpha value is -1.63. The maximum atomic E-state index is 12.4. The lowest BCUT2D eigenvalue weighted by Gasteiger charge is -2.34. The first-order valence-corrected chi connectivity index (χ1v) is 8.81. The van der Waals surface area contributed by atoms with Gasteiger partial charge in [0.05, 0.1) is 0 Å². The second kappa shape index (κ2) is 7.29. The van der Waals surface area contributed by atoms with Gasteiger partial charge in [0.25, 0.3) is 5.91 Å². The number of amides is 1. The van der Waals surface area contributed by atoms with E-state index in [-0.39, 0.29) is 5.91 Å². The Labute approximate surface area is 144 Å². The van der Waals surface area contributed by atoms with E-state index in [2.05, 4.69) is 27.3 Å². The van der Waals surface area contributed by atoms with Crippen LogP contribution in [0.25, 0.3) is 0 Å². The molecule has 7 heteroatoms. The van der Waals surface area contributed by atoms with Crippen molar-refractivity contribution in [2.45, 2.75) is 6.54 Å². The lowest BCUT2D eigenvalue weighted by molar-refractivity contribution is 0.0623. The van der Waals surface area contributed by atoms with E-state index >= 15 is 0 Å². The summed E-state index contributed by atoms with van der Waals surface area (Å²) in [5.41, 5.74) is 1.78. The number of rotatable bonds is 4. The summed E-state index contributed by atoms with van der Waals surface area (Å²) < 4.78 is 0. The summed E-state index contributed by atoms with van der Waals surface area (Å²) in [6.07, 6.45) is 0. The van der Waals surface area contributed by atoms with Crippen molar-refractivity contribution in [3.8, 4) is 0 Å². The topological polar surface area (TPSA) is 48.5 Å². The summed E-state index contributed by atoms with van der Waals surface area (Å²) in [7, 11) is 1.81. The third-order valence-electron chi connectivity index (χ3n) is 3.92. The van der Waals surface area contributed by atoms with Crippen molar-refractivity contribution in [3.05, 3.63) is 45.9 Å². The molecule has 0 saturated carbocycles. The van der Waals surface area contributed by atoms with Gasteiger partial charge in [-0.1, -0.05) is 23.7 Å². The van der Waals surface area contributed by atoms with E-state index < -0.39 is 0 Å². The second-order valence-electron chi connectivity index (χ2n) is 5.48. The van der Waals surface area contributed by atoms with Crippen LogP contribution in [0.15, 0.2) is 29.6 Å². The van der Waals surface area contributed by atoms with Gasteiger partial charge in [0.15, 0.2) is 5.13 Å². The van der Waals surface area contributed by atoms with Crippen molar-refractivity contribution in [1.29, 1.82) is 0 Å². The van der Waals surface area contributed by atoms with Crippen molar-refractivity contribution in [2.75, 3.05) is 38.5 Å². The first-order chi connectivity index (χ1) is 11.2. The van der Waals surface area contributed by atoms with Crippen molar-refractivity contribution in [1.82, 2.24) is 14.8 Å². The molecule has 5 nitrogen and oxygen atoms in total. The SMILES string of the molecule is CNc1nc(C(=O)N2CCN(Cc3ccc(Cl)cc3)CC2)cs1. The molecular weight excluding hydrogens is 332 g/mol. The number of aromatic nitrogens is 1. The molecule has 0 unspecified atom stereocenters. The number of hydrogen-bond acceptors (Lipinski definition) is 5. The molecule has 1 fully saturated rings. The molecule has 3 rings (SSSR count). The zero-order valence-electron chi connectivity index (χ0n) is 13.0. The molecule has 2 heterocycles. The van der Waals surface area contributed by atoms with Crippen LogP contribution in [0.2, 0.25) is 5.02 Å². The van der Waals surface area contributed by atoms with Crippen molar-refractivity contribution in [2.24, 2.45) is 0 Å². The smallest absolute Gasteiger partial charge is 0.273 e. The third-order valence-corrected chi connectivity index (χ3v) is 5.03. The predicted octanol–water partition coefficient (Wildman–Crippen LogP) is 2.80. The highest BCUT2D eigenvalue weighted by molar-refractivity contribution is 7.13. The summed E-state index contributed by atoms with van der Waals surface area (Å²) >= 11 is 7.37. The van der Waals surface area contributed by atoms with Gasteiger partial charge in [0, 0.05) is 50.2 Å².